The molecule has 0 fully saturated rings. The zero-order chi connectivity index (χ0) is 14.8. The number of methoxy groups -OCH3 is 1. The topological polar surface area (TPSA) is 64.6 Å². The second-order valence-electron chi connectivity index (χ2n) is 4.11. The molecule has 0 aliphatic rings. The average molecular weight is 391 g/mol. The van der Waals surface area contributed by atoms with Crippen LogP contribution in [0.2, 0.25) is 0 Å². The van der Waals surface area contributed by atoms with Crippen LogP contribution in [0.4, 0.5) is 4.79 Å². The van der Waals surface area contributed by atoms with Crippen LogP contribution >= 0.6 is 22.6 Å². The molecule has 0 saturated heterocycles. The number of ether oxygens (including phenoxy) is 2. The highest BCUT2D eigenvalue weighted by atomic mass is 127. The van der Waals surface area contributed by atoms with Crippen LogP contribution in [0.3, 0.4) is 0 Å². The molecule has 110 valence electrons. The first-order chi connectivity index (χ1) is 9.67. The van der Waals surface area contributed by atoms with Gasteiger partial charge in [0.1, 0.15) is 12.6 Å². The van der Waals surface area contributed by atoms with E-state index in [-0.39, 0.29) is 6.61 Å². The lowest BCUT2D eigenvalue weighted by atomic mass is 10.2. The van der Waals surface area contributed by atoms with Gasteiger partial charge in [0.25, 0.3) is 0 Å². The number of alkyl carbamates (subject to hydrolysis) is 1. The zero-order valence-electron chi connectivity index (χ0n) is 11.3. The van der Waals surface area contributed by atoms with Crippen molar-refractivity contribution in [2.24, 2.45) is 0 Å². The minimum atomic E-state index is -0.655. The molecule has 0 unspecified atom stereocenters. The van der Waals surface area contributed by atoms with E-state index in [9.17, 15) is 9.59 Å². The van der Waals surface area contributed by atoms with Crippen LogP contribution in [-0.4, -0.2) is 29.6 Å². The Balaban J connectivity index is 2.43. The normalized spacial score (nSPS) is 11.5. The molecule has 0 aromatic heterocycles. The number of carbonyl (C=O) groups is 2. The lowest BCUT2D eigenvalue weighted by Crippen LogP contribution is -2.41. The average Bonchev–Trinajstić information content (AvgIpc) is 2.49. The van der Waals surface area contributed by atoms with E-state index in [0.717, 1.165) is 16.4 Å². The third-order valence-electron chi connectivity index (χ3n) is 2.62. The summed E-state index contributed by atoms with van der Waals surface area (Å²) in [4.78, 5) is 23.2. The van der Waals surface area contributed by atoms with E-state index in [1.54, 1.807) is 0 Å². The van der Waals surface area contributed by atoms with E-state index in [1.165, 1.54) is 7.11 Å². The van der Waals surface area contributed by atoms with Gasteiger partial charge < -0.3 is 14.8 Å². The van der Waals surface area contributed by atoms with Crippen molar-refractivity contribution in [2.45, 2.75) is 25.5 Å². The summed E-state index contributed by atoms with van der Waals surface area (Å²) in [5, 5.41) is 2.53. The van der Waals surface area contributed by atoms with Gasteiger partial charge in [0.05, 0.1) is 7.11 Å². The molecule has 5 nitrogen and oxygen atoms in total. The second kappa shape index (κ2) is 9.57. The molecule has 1 rings (SSSR count). The second-order valence-corrected chi connectivity index (χ2v) is 5.19. The maximum atomic E-state index is 11.7. The van der Waals surface area contributed by atoms with E-state index >= 15 is 0 Å². The minimum absolute atomic E-state index is 0.173. The van der Waals surface area contributed by atoms with Gasteiger partial charge in [-0.15, -0.1) is 0 Å². The number of carbonyl (C=O) groups excluding carboxylic acids is 2. The van der Waals surface area contributed by atoms with Crippen molar-refractivity contribution in [3.8, 4) is 0 Å². The molecule has 0 radical (unpaired) electrons. The SMILES string of the molecule is COC(=O)[C@H](CCCI)NC(=O)OCc1ccccc1. The molecule has 20 heavy (non-hydrogen) atoms. The van der Waals surface area contributed by atoms with E-state index < -0.39 is 18.1 Å². The summed E-state index contributed by atoms with van der Waals surface area (Å²) in [6, 6.07) is 8.70. The number of hydrogen-bond donors (Lipinski definition) is 1. The molecule has 0 spiro atoms. The van der Waals surface area contributed by atoms with Gasteiger partial charge in [0.15, 0.2) is 0 Å². The first-order valence-corrected chi connectivity index (χ1v) is 7.81. The Hall–Kier alpha value is -1.31. The van der Waals surface area contributed by atoms with Crippen molar-refractivity contribution in [3.63, 3.8) is 0 Å². The predicted molar refractivity (Wildman–Crippen MR) is 83.7 cm³/mol. The standard InChI is InChI=1S/C14H18INO4/c1-19-13(17)12(8-5-9-15)16-14(18)20-10-11-6-3-2-4-7-11/h2-4,6-7,12H,5,8-10H2,1H3,(H,16,18)/t12-/m0/s1. The van der Waals surface area contributed by atoms with Gasteiger partial charge in [-0.05, 0) is 22.8 Å². The zero-order valence-corrected chi connectivity index (χ0v) is 13.5. The first kappa shape index (κ1) is 16.7. The first-order valence-electron chi connectivity index (χ1n) is 6.28. The van der Waals surface area contributed by atoms with E-state index in [1.807, 2.05) is 30.3 Å². The molecule has 1 aromatic carbocycles. The van der Waals surface area contributed by atoms with E-state index in [0.29, 0.717) is 6.42 Å². The quantitative estimate of drug-likeness (QED) is 0.441. The van der Waals surface area contributed by atoms with Crippen LogP contribution in [0.1, 0.15) is 18.4 Å². The molecular weight excluding hydrogens is 373 g/mol. The van der Waals surface area contributed by atoms with Crippen molar-refractivity contribution in [1.82, 2.24) is 5.32 Å². The molecule has 1 atom stereocenters. The molecule has 0 heterocycles. The highest BCUT2D eigenvalue weighted by Gasteiger charge is 2.21. The molecule has 0 aliphatic heterocycles. The lowest BCUT2D eigenvalue weighted by molar-refractivity contribution is -0.143. The van der Waals surface area contributed by atoms with Gasteiger partial charge in [0, 0.05) is 0 Å². The van der Waals surface area contributed by atoms with Crippen molar-refractivity contribution >= 4 is 34.7 Å². The predicted octanol–water partition coefficient (Wildman–Crippen LogP) is 2.67. The summed E-state index contributed by atoms with van der Waals surface area (Å²) in [5.74, 6) is -0.452. The van der Waals surface area contributed by atoms with Crippen LogP contribution in [0.15, 0.2) is 30.3 Å². The van der Waals surface area contributed by atoms with Gasteiger partial charge >= 0.3 is 12.1 Å². The van der Waals surface area contributed by atoms with Crippen molar-refractivity contribution in [1.29, 1.82) is 0 Å². The van der Waals surface area contributed by atoms with Gasteiger partial charge in [-0.1, -0.05) is 52.9 Å². The van der Waals surface area contributed by atoms with Crippen LogP contribution in [0, 0.1) is 0 Å². The molecule has 1 N–H and O–H groups in total. The number of amides is 1. The number of rotatable bonds is 7. The van der Waals surface area contributed by atoms with Crippen LogP contribution in [0.5, 0.6) is 0 Å². The summed E-state index contributed by atoms with van der Waals surface area (Å²) in [6.07, 6.45) is 0.743. The van der Waals surface area contributed by atoms with Gasteiger partial charge in [-0.2, -0.15) is 0 Å². The summed E-state index contributed by atoms with van der Waals surface area (Å²) < 4.78 is 10.6. The Bertz CT molecular complexity index is 424. The van der Waals surface area contributed by atoms with Gasteiger partial charge in [-0.3, -0.25) is 0 Å². The molecule has 0 bridgehead atoms. The van der Waals surface area contributed by atoms with Crippen LogP contribution in [-0.2, 0) is 20.9 Å². The van der Waals surface area contributed by atoms with E-state index in [4.69, 9.17) is 4.74 Å². The Morgan fingerprint density at radius 3 is 2.60 bits per heavy atom. The molecular formula is C14H18INO4. The highest BCUT2D eigenvalue weighted by Crippen LogP contribution is 2.04. The summed E-state index contributed by atoms with van der Waals surface area (Å²) in [6.45, 7) is 0.173. The van der Waals surface area contributed by atoms with Crippen molar-refractivity contribution < 1.29 is 19.1 Å². The fraction of sp³-hybridized carbons (Fsp3) is 0.429. The number of nitrogens with one attached hydrogen (secondary N) is 1. The Kier molecular flexibility index (Phi) is 8.01. The number of alkyl halides is 1. The number of esters is 1. The van der Waals surface area contributed by atoms with E-state index in [2.05, 4.69) is 32.6 Å². The van der Waals surface area contributed by atoms with Crippen LogP contribution < -0.4 is 5.32 Å². The number of halogens is 1. The molecule has 0 saturated carbocycles. The molecule has 0 aliphatic carbocycles. The largest absolute Gasteiger partial charge is 0.467 e. The maximum Gasteiger partial charge on any atom is 0.408 e. The Morgan fingerprint density at radius 1 is 1.30 bits per heavy atom. The monoisotopic (exact) mass is 391 g/mol. The summed E-state index contributed by atoms with van der Waals surface area (Å²) >= 11 is 2.22. The van der Waals surface area contributed by atoms with Gasteiger partial charge in [-0.25, -0.2) is 9.59 Å². The summed E-state index contributed by atoms with van der Waals surface area (Å²) in [7, 11) is 1.30. The fourth-order valence-electron chi connectivity index (χ4n) is 1.58. The minimum Gasteiger partial charge on any atom is -0.467 e. The molecule has 1 amide bonds. The lowest BCUT2D eigenvalue weighted by Gasteiger charge is -2.15. The Labute approximate surface area is 132 Å². The van der Waals surface area contributed by atoms with Crippen molar-refractivity contribution in [2.75, 3.05) is 11.5 Å². The highest BCUT2D eigenvalue weighted by molar-refractivity contribution is 14.1. The number of hydrogen-bond acceptors (Lipinski definition) is 4. The maximum absolute atomic E-state index is 11.7. The summed E-state index contributed by atoms with van der Waals surface area (Å²) in [5.41, 5.74) is 0.893. The third-order valence-corrected chi connectivity index (χ3v) is 3.38. The fourth-order valence-corrected chi connectivity index (χ4v) is 2.02. The van der Waals surface area contributed by atoms with Crippen LogP contribution in [0.25, 0.3) is 0 Å². The third kappa shape index (κ3) is 6.23. The Morgan fingerprint density at radius 2 is 2.00 bits per heavy atom. The molecule has 6 heteroatoms. The smallest absolute Gasteiger partial charge is 0.408 e. The molecule has 1 aromatic rings. The number of benzene rings is 1. The van der Waals surface area contributed by atoms with Crippen molar-refractivity contribution in [3.05, 3.63) is 35.9 Å². The van der Waals surface area contributed by atoms with Gasteiger partial charge in [0.2, 0.25) is 0 Å².